The molecular weight excluding hydrogens is 280 g/mol. The first-order chi connectivity index (χ1) is 10.6. The van der Waals surface area contributed by atoms with Crippen LogP contribution in [0.4, 0.5) is 5.69 Å². The molecule has 0 saturated carbocycles. The van der Waals surface area contributed by atoms with Gasteiger partial charge < -0.3 is 10.2 Å². The normalized spacial score (nSPS) is 17.7. The first kappa shape index (κ1) is 16.5. The highest BCUT2D eigenvalue weighted by molar-refractivity contribution is 5.75. The summed E-state index contributed by atoms with van der Waals surface area (Å²) in [6, 6.07) is 1.62. The molecule has 1 aromatic rings. The van der Waals surface area contributed by atoms with E-state index in [2.05, 4.69) is 22.2 Å². The molecule has 6 heteroatoms. The molecule has 1 saturated heterocycles. The summed E-state index contributed by atoms with van der Waals surface area (Å²) < 4.78 is 1.33. The highest BCUT2D eigenvalue weighted by Gasteiger charge is 2.23. The Morgan fingerprint density at radius 1 is 1.45 bits per heavy atom. The fourth-order valence-corrected chi connectivity index (χ4v) is 2.75. The number of aromatic nitrogens is 2. The van der Waals surface area contributed by atoms with Crippen LogP contribution in [-0.2, 0) is 11.8 Å². The lowest BCUT2D eigenvalue weighted by atomic mass is 10.1. The van der Waals surface area contributed by atoms with Gasteiger partial charge in [-0.05, 0) is 18.8 Å². The molecule has 122 valence electrons. The van der Waals surface area contributed by atoms with Crippen LogP contribution in [0, 0.1) is 5.92 Å². The van der Waals surface area contributed by atoms with Crippen LogP contribution in [-0.4, -0.2) is 35.3 Å². The lowest BCUT2D eigenvalue weighted by molar-refractivity contribution is -0.121. The van der Waals surface area contributed by atoms with Gasteiger partial charge >= 0.3 is 0 Å². The van der Waals surface area contributed by atoms with Gasteiger partial charge in [0.15, 0.2) is 0 Å². The molecule has 1 atom stereocenters. The number of carbonyl (C=O) groups excluding carboxylic acids is 1. The minimum Gasteiger partial charge on any atom is -0.370 e. The predicted molar refractivity (Wildman–Crippen MR) is 86.9 cm³/mol. The fraction of sp³-hybridized carbons (Fsp3) is 0.688. The number of unbranched alkanes of at least 4 members (excludes halogenated alkanes) is 2. The highest BCUT2D eigenvalue weighted by atomic mass is 16.1. The Morgan fingerprint density at radius 2 is 2.27 bits per heavy atom. The van der Waals surface area contributed by atoms with E-state index in [9.17, 15) is 9.59 Å². The number of nitrogens with one attached hydrogen (secondary N) is 1. The van der Waals surface area contributed by atoms with Crippen molar-refractivity contribution in [3.63, 3.8) is 0 Å². The maximum atomic E-state index is 11.7. The number of hydrogen-bond donors (Lipinski definition) is 1. The van der Waals surface area contributed by atoms with Crippen LogP contribution in [0.2, 0.25) is 0 Å². The molecule has 2 rings (SSSR count). The summed E-state index contributed by atoms with van der Waals surface area (Å²) in [5.41, 5.74) is 0.782. The quantitative estimate of drug-likeness (QED) is 0.771. The van der Waals surface area contributed by atoms with E-state index in [1.54, 1.807) is 19.3 Å². The first-order valence-electron chi connectivity index (χ1n) is 8.15. The first-order valence-corrected chi connectivity index (χ1v) is 8.15. The zero-order chi connectivity index (χ0) is 15.9. The van der Waals surface area contributed by atoms with Gasteiger partial charge in [0.25, 0.3) is 5.56 Å². The number of hydrogen-bond acceptors (Lipinski definition) is 4. The minimum atomic E-state index is -0.0924. The molecule has 0 bridgehead atoms. The van der Waals surface area contributed by atoms with Crippen LogP contribution in [0.15, 0.2) is 17.1 Å². The van der Waals surface area contributed by atoms with E-state index in [1.807, 2.05) is 0 Å². The van der Waals surface area contributed by atoms with E-state index in [0.717, 1.165) is 51.0 Å². The zero-order valence-corrected chi connectivity index (χ0v) is 13.5. The van der Waals surface area contributed by atoms with Gasteiger partial charge in [-0.15, -0.1) is 0 Å². The average molecular weight is 306 g/mol. The topological polar surface area (TPSA) is 67.2 Å². The number of amides is 1. The Morgan fingerprint density at radius 3 is 3.00 bits per heavy atom. The van der Waals surface area contributed by atoms with Gasteiger partial charge in [0, 0.05) is 39.2 Å². The molecule has 1 aliphatic rings. The van der Waals surface area contributed by atoms with Gasteiger partial charge in [0.2, 0.25) is 5.91 Å². The van der Waals surface area contributed by atoms with E-state index in [1.165, 1.54) is 4.68 Å². The average Bonchev–Trinajstić information content (AvgIpc) is 2.97. The summed E-state index contributed by atoms with van der Waals surface area (Å²) >= 11 is 0. The Balaban J connectivity index is 1.76. The summed E-state index contributed by atoms with van der Waals surface area (Å²) in [5, 5.41) is 7.09. The van der Waals surface area contributed by atoms with E-state index < -0.39 is 0 Å². The van der Waals surface area contributed by atoms with Gasteiger partial charge in [-0.2, -0.15) is 5.10 Å². The van der Waals surface area contributed by atoms with Crippen molar-refractivity contribution in [2.75, 3.05) is 24.5 Å². The number of anilines is 1. The third-order valence-corrected chi connectivity index (χ3v) is 4.20. The lowest BCUT2D eigenvalue weighted by Gasteiger charge is -2.18. The SMILES string of the molecule is CCCCCC(=O)NC[C@@H]1CCN(c2cnn(C)c(=O)c2)C1. The Kier molecular flexibility index (Phi) is 5.98. The second kappa shape index (κ2) is 7.96. The van der Waals surface area contributed by atoms with Gasteiger partial charge in [0.05, 0.1) is 11.9 Å². The minimum absolute atomic E-state index is 0.0924. The third kappa shape index (κ3) is 4.58. The summed E-state index contributed by atoms with van der Waals surface area (Å²) in [4.78, 5) is 25.5. The molecule has 0 aliphatic carbocycles. The highest BCUT2D eigenvalue weighted by Crippen LogP contribution is 2.21. The smallest absolute Gasteiger partial charge is 0.268 e. The van der Waals surface area contributed by atoms with Crippen LogP contribution in [0.5, 0.6) is 0 Å². The molecule has 0 radical (unpaired) electrons. The number of nitrogens with zero attached hydrogens (tertiary/aromatic N) is 3. The van der Waals surface area contributed by atoms with Crippen molar-refractivity contribution in [3.8, 4) is 0 Å². The maximum absolute atomic E-state index is 11.7. The molecule has 1 aliphatic heterocycles. The van der Waals surface area contributed by atoms with Crippen molar-refractivity contribution in [2.24, 2.45) is 13.0 Å². The van der Waals surface area contributed by atoms with Crippen molar-refractivity contribution >= 4 is 11.6 Å². The number of aryl methyl sites for hydroxylation is 1. The van der Waals surface area contributed by atoms with E-state index in [4.69, 9.17) is 0 Å². The molecule has 6 nitrogen and oxygen atoms in total. The van der Waals surface area contributed by atoms with Gasteiger partial charge in [-0.1, -0.05) is 19.8 Å². The monoisotopic (exact) mass is 306 g/mol. The zero-order valence-electron chi connectivity index (χ0n) is 13.5. The molecule has 0 unspecified atom stereocenters. The van der Waals surface area contributed by atoms with Gasteiger partial charge in [-0.3, -0.25) is 9.59 Å². The Hall–Kier alpha value is -1.85. The number of carbonyl (C=O) groups is 1. The van der Waals surface area contributed by atoms with Crippen LogP contribution in [0.1, 0.15) is 39.0 Å². The second-order valence-electron chi connectivity index (χ2n) is 6.04. The lowest BCUT2D eigenvalue weighted by Crippen LogP contribution is -2.31. The summed E-state index contributed by atoms with van der Waals surface area (Å²) in [6.45, 7) is 4.63. The molecule has 1 N–H and O–H groups in total. The van der Waals surface area contributed by atoms with Crippen molar-refractivity contribution in [2.45, 2.75) is 39.0 Å². The Labute approximate surface area is 131 Å². The van der Waals surface area contributed by atoms with Crippen molar-refractivity contribution in [1.82, 2.24) is 15.1 Å². The summed E-state index contributed by atoms with van der Waals surface area (Å²) in [7, 11) is 1.65. The molecule has 22 heavy (non-hydrogen) atoms. The molecule has 0 aromatic carbocycles. The molecular formula is C16H26N4O2. The van der Waals surface area contributed by atoms with Crippen molar-refractivity contribution < 1.29 is 4.79 Å². The van der Waals surface area contributed by atoms with Crippen molar-refractivity contribution in [1.29, 1.82) is 0 Å². The molecule has 0 spiro atoms. The summed E-state index contributed by atoms with van der Waals surface area (Å²) in [6.07, 6.45) is 6.61. The van der Waals surface area contributed by atoms with E-state index >= 15 is 0 Å². The molecule has 1 aromatic heterocycles. The van der Waals surface area contributed by atoms with Gasteiger partial charge in [-0.25, -0.2) is 4.68 Å². The van der Waals surface area contributed by atoms with E-state index in [-0.39, 0.29) is 11.5 Å². The molecule has 2 heterocycles. The Bertz CT molecular complexity index is 555. The van der Waals surface area contributed by atoms with E-state index in [0.29, 0.717) is 12.3 Å². The largest absolute Gasteiger partial charge is 0.370 e. The molecule has 1 amide bonds. The third-order valence-electron chi connectivity index (χ3n) is 4.20. The van der Waals surface area contributed by atoms with Crippen LogP contribution in [0.25, 0.3) is 0 Å². The van der Waals surface area contributed by atoms with Gasteiger partial charge in [0.1, 0.15) is 0 Å². The predicted octanol–water partition coefficient (Wildman–Crippen LogP) is 1.30. The van der Waals surface area contributed by atoms with Crippen LogP contribution in [0.3, 0.4) is 0 Å². The number of rotatable bonds is 7. The maximum Gasteiger partial charge on any atom is 0.268 e. The molecule has 1 fully saturated rings. The fourth-order valence-electron chi connectivity index (χ4n) is 2.75. The van der Waals surface area contributed by atoms with Crippen LogP contribution < -0.4 is 15.8 Å². The van der Waals surface area contributed by atoms with Crippen molar-refractivity contribution in [3.05, 3.63) is 22.6 Å². The standard InChI is InChI=1S/C16H26N4O2/c1-3-4-5-6-15(21)17-10-13-7-8-20(12-13)14-9-16(22)19(2)18-11-14/h9,11,13H,3-8,10,12H2,1-2H3,(H,17,21)/t13-/m0/s1. The van der Waals surface area contributed by atoms with Crippen LogP contribution >= 0.6 is 0 Å². The summed E-state index contributed by atoms with van der Waals surface area (Å²) in [5.74, 6) is 0.598. The second-order valence-corrected chi connectivity index (χ2v) is 6.04.